The second kappa shape index (κ2) is 8.53. The van der Waals surface area contributed by atoms with Crippen molar-refractivity contribution in [3.8, 4) is 5.75 Å². The molecule has 1 heterocycles. The fourth-order valence-electron chi connectivity index (χ4n) is 2.80. The van der Waals surface area contributed by atoms with Crippen LogP contribution < -0.4 is 4.74 Å². The number of benzene rings is 3. The van der Waals surface area contributed by atoms with Crippen LogP contribution in [0.2, 0.25) is 0 Å². The van der Waals surface area contributed by atoms with Crippen molar-refractivity contribution < 1.29 is 23.5 Å². The zero-order valence-corrected chi connectivity index (χ0v) is 15.7. The highest BCUT2D eigenvalue weighted by molar-refractivity contribution is 6.12. The average Bonchev–Trinajstić information content (AvgIpc) is 3.14. The first-order chi connectivity index (χ1) is 14.6. The van der Waals surface area contributed by atoms with Crippen LogP contribution in [0.3, 0.4) is 0 Å². The molecular weight excluding hydrogens is 385 g/mol. The molecule has 0 aliphatic carbocycles. The Bertz CT molecular complexity index is 1130. The Morgan fingerprint density at radius 1 is 0.967 bits per heavy atom. The van der Waals surface area contributed by atoms with Crippen LogP contribution in [0.4, 0.5) is 4.39 Å². The van der Waals surface area contributed by atoms with Crippen LogP contribution in [0, 0.1) is 5.82 Å². The first kappa shape index (κ1) is 19.3. The summed E-state index contributed by atoms with van der Waals surface area (Å²) >= 11 is 0. The van der Waals surface area contributed by atoms with Crippen molar-refractivity contribution in [2.75, 3.05) is 6.61 Å². The molecule has 6 heteroatoms. The maximum atomic E-state index is 13.0. The number of esters is 1. The summed E-state index contributed by atoms with van der Waals surface area (Å²) in [7, 11) is 0. The Balaban J connectivity index is 1.42. The zero-order chi connectivity index (χ0) is 20.9. The second-order valence-corrected chi connectivity index (χ2v) is 6.49. The number of carbonyl (C=O) groups is 2. The molecule has 0 atom stereocenters. The summed E-state index contributed by atoms with van der Waals surface area (Å²) in [6, 6.07) is 21.3. The molecule has 0 aromatic heterocycles. The number of Topliss-reactive ketones (excluding diaryl/α,β-unsaturated/α-hetero) is 1. The lowest BCUT2D eigenvalue weighted by Gasteiger charge is -2.06. The third-order valence-corrected chi connectivity index (χ3v) is 4.36. The molecule has 148 valence electrons. The smallest absolute Gasteiger partial charge is 0.363 e. The first-order valence-corrected chi connectivity index (χ1v) is 9.18. The van der Waals surface area contributed by atoms with E-state index in [1.165, 1.54) is 24.3 Å². The third kappa shape index (κ3) is 4.50. The topological polar surface area (TPSA) is 65.0 Å². The van der Waals surface area contributed by atoms with E-state index >= 15 is 0 Å². The second-order valence-electron chi connectivity index (χ2n) is 6.49. The molecule has 0 spiro atoms. The molecule has 0 bridgehead atoms. The van der Waals surface area contributed by atoms with E-state index in [4.69, 9.17) is 9.47 Å². The molecule has 0 N–H and O–H groups in total. The van der Waals surface area contributed by atoms with E-state index in [0.717, 1.165) is 0 Å². The fourth-order valence-corrected chi connectivity index (χ4v) is 2.80. The highest BCUT2D eigenvalue weighted by atomic mass is 19.1. The van der Waals surface area contributed by atoms with Crippen LogP contribution in [-0.2, 0) is 9.53 Å². The number of nitrogens with zero attached hydrogens (tertiary/aromatic N) is 1. The van der Waals surface area contributed by atoms with Crippen molar-refractivity contribution in [2.45, 2.75) is 0 Å². The lowest BCUT2D eigenvalue weighted by Crippen LogP contribution is -2.11. The van der Waals surface area contributed by atoms with Crippen molar-refractivity contribution >= 4 is 23.7 Å². The van der Waals surface area contributed by atoms with Gasteiger partial charge in [0, 0.05) is 11.1 Å². The maximum Gasteiger partial charge on any atom is 0.363 e. The lowest BCUT2D eigenvalue weighted by molar-refractivity contribution is -0.129. The number of cyclic esters (lactones) is 1. The number of ether oxygens (including phenoxy) is 2. The molecule has 0 unspecified atom stereocenters. The predicted molar refractivity (Wildman–Crippen MR) is 110 cm³/mol. The molecule has 4 rings (SSSR count). The number of hydrogen-bond acceptors (Lipinski definition) is 5. The minimum atomic E-state index is -0.580. The van der Waals surface area contributed by atoms with Crippen molar-refractivity contribution in [1.82, 2.24) is 0 Å². The highest BCUT2D eigenvalue weighted by Crippen LogP contribution is 2.21. The van der Waals surface area contributed by atoms with Gasteiger partial charge in [-0.25, -0.2) is 14.2 Å². The van der Waals surface area contributed by atoms with E-state index in [0.29, 0.717) is 22.4 Å². The average molecular weight is 401 g/mol. The SMILES string of the molecule is O=C1OC(c2ccc(F)cc2)=N/C1=C\c1ccc(OCC(=O)c2ccccc2)cc1. The molecule has 0 amide bonds. The third-order valence-electron chi connectivity index (χ3n) is 4.36. The number of ketones is 1. The van der Waals surface area contributed by atoms with E-state index in [-0.39, 0.29) is 29.8 Å². The van der Waals surface area contributed by atoms with E-state index in [9.17, 15) is 14.0 Å². The van der Waals surface area contributed by atoms with Crippen LogP contribution >= 0.6 is 0 Å². The summed E-state index contributed by atoms with van der Waals surface area (Å²) in [4.78, 5) is 28.4. The van der Waals surface area contributed by atoms with Crippen LogP contribution in [0.1, 0.15) is 21.5 Å². The van der Waals surface area contributed by atoms with Crippen molar-refractivity contribution in [2.24, 2.45) is 4.99 Å². The largest absolute Gasteiger partial charge is 0.485 e. The summed E-state index contributed by atoms with van der Waals surface area (Å²) in [6.45, 7) is -0.0674. The normalized spacial score (nSPS) is 14.4. The monoisotopic (exact) mass is 401 g/mol. The van der Waals surface area contributed by atoms with E-state index in [2.05, 4.69) is 4.99 Å². The number of halogens is 1. The molecule has 3 aromatic rings. The van der Waals surface area contributed by atoms with Gasteiger partial charge in [0.05, 0.1) is 0 Å². The van der Waals surface area contributed by atoms with Crippen LogP contribution in [0.15, 0.2) is 89.6 Å². The standard InChI is InChI=1S/C24H16FNO4/c25-19-10-8-18(9-11-19)23-26-21(24(28)30-23)14-16-6-12-20(13-7-16)29-15-22(27)17-4-2-1-3-5-17/h1-14H,15H2/b21-14-. The van der Waals surface area contributed by atoms with Crippen LogP contribution in [0.25, 0.3) is 6.08 Å². The molecule has 0 radical (unpaired) electrons. The molecular formula is C24H16FNO4. The Morgan fingerprint density at radius 2 is 1.67 bits per heavy atom. The summed E-state index contributed by atoms with van der Waals surface area (Å²) in [5.74, 6) is -0.412. The fraction of sp³-hybridized carbons (Fsp3) is 0.0417. The Kier molecular flexibility index (Phi) is 5.48. The molecule has 1 aliphatic heterocycles. The van der Waals surface area contributed by atoms with E-state index < -0.39 is 5.97 Å². The lowest BCUT2D eigenvalue weighted by atomic mass is 10.1. The van der Waals surface area contributed by atoms with Gasteiger partial charge in [-0.1, -0.05) is 42.5 Å². The molecule has 3 aromatic carbocycles. The molecule has 5 nitrogen and oxygen atoms in total. The number of rotatable bonds is 6. The van der Waals surface area contributed by atoms with E-state index in [1.54, 1.807) is 54.6 Å². The minimum absolute atomic E-state index is 0.0674. The molecule has 1 aliphatic rings. The maximum absolute atomic E-state index is 13.0. The highest BCUT2D eigenvalue weighted by Gasteiger charge is 2.24. The van der Waals surface area contributed by atoms with Crippen LogP contribution in [0.5, 0.6) is 5.75 Å². The quantitative estimate of drug-likeness (QED) is 0.348. The summed E-state index contributed by atoms with van der Waals surface area (Å²) < 4.78 is 23.7. The molecule has 30 heavy (non-hydrogen) atoms. The number of hydrogen-bond donors (Lipinski definition) is 0. The van der Waals surface area contributed by atoms with Gasteiger partial charge in [-0.05, 0) is 48.0 Å². The van der Waals surface area contributed by atoms with E-state index in [1.807, 2.05) is 6.07 Å². The predicted octanol–water partition coefficient (Wildman–Crippen LogP) is 4.43. The van der Waals surface area contributed by atoms with Gasteiger partial charge in [0.15, 0.2) is 18.1 Å². The summed E-state index contributed by atoms with van der Waals surface area (Å²) in [5.41, 5.74) is 1.96. The minimum Gasteiger partial charge on any atom is -0.485 e. The first-order valence-electron chi connectivity index (χ1n) is 9.18. The Morgan fingerprint density at radius 3 is 2.37 bits per heavy atom. The molecule has 0 saturated heterocycles. The van der Waals surface area contributed by atoms with Crippen molar-refractivity contribution in [3.05, 3.63) is 107 Å². The van der Waals surface area contributed by atoms with Gasteiger partial charge in [-0.3, -0.25) is 4.79 Å². The van der Waals surface area contributed by atoms with Gasteiger partial charge in [0.25, 0.3) is 0 Å². The molecule has 0 saturated carbocycles. The summed E-state index contributed by atoms with van der Waals surface area (Å²) in [6.07, 6.45) is 1.58. The van der Waals surface area contributed by atoms with Crippen molar-refractivity contribution in [1.29, 1.82) is 0 Å². The van der Waals surface area contributed by atoms with Gasteiger partial charge < -0.3 is 9.47 Å². The summed E-state index contributed by atoms with van der Waals surface area (Å²) in [5, 5.41) is 0. The zero-order valence-electron chi connectivity index (χ0n) is 15.7. The van der Waals surface area contributed by atoms with Gasteiger partial charge in [-0.2, -0.15) is 0 Å². The van der Waals surface area contributed by atoms with Gasteiger partial charge in [-0.15, -0.1) is 0 Å². The molecule has 0 fully saturated rings. The Hall–Kier alpha value is -4.06. The Labute approximate surface area is 172 Å². The van der Waals surface area contributed by atoms with Crippen LogP contribution in [-0.4, -0.2) is 24.3 Å². The van der Waals surface area contributed by atoms with Gasteiger partial charge >= 0.3 is 5.97 Å². The van der Waals surface area contributed by atoms with Crippen molar-refractivity contribution in [3.63, 3.8) is 0 Å². The number of aliphatic imine (C=N–C) groups is 1. The van der Waals surface area contributed by atoms with Gasteiger partial charge in [0.1, 0.15) is 11.6 Å². The number of carbonyl (C=O) groups excluding carboxylic acids is 2. The van der Waals surface area contributed by atoms with Gasteiger partial charge in [0.2, 0.25) is 5.90 Å².